The first-order valence-corrected chi connectivity index (χ1v) is 19.5. The van der Waals surface area contributed by atoms with Crippen molar-refractivity contribution in [3.05, 3.63) is 106 Å². The number of aromatic nitrogens is 2. The largest absolute Gasteiger partial charge is 0.412 e. The summed E-state index contributed by atoms with van der Waals surface area (Å²) < 4.78 is 33.8. The summed E-state index contributed by atoms with van der Waals surface area (Å²) in [6.07, 6.45) is 4.24. The molecule has 2 atom stereocenters. The third-order valence-corrected chi connectivity index (χ3v) is 12.3. The van der Waals surface area contributed by atoms with Crippen LogP contribution >= 0.6 is 11.3 Å². The van der Waals surface area contributed by atoms with Crippen molar-refractivity contribution in [3.63, 3.8) is 0 Å². The fourth-order valence-electron chi connectivity index (χ4n) is 6.60. The van der Waals surface area contributed by atoms with Crippen LogP contribution in [0.2, 0.25) is 0 Å². The first-order chi connectivity index (χ1) is 24.6. The third-order valence-electron chi connectivity index (χ3n) is 9.47. The van der Waals surface area contributed by atoms with Gasteiger partial charge in [0.25, 0.3) is 11.8 Å². The summed E-state index contributed by atoms with van der Waals surface area (Å²) in [7, 11) is -1.71. The van der Waals surface area contributed by atoms with Gasteiger partial charge in [0, 0.05) is 35.7 Å². The van der Waals surface area contributed by atoms with Crippen LogP contribution in [0.15, 0.2) is 70.9 Å². The molecule has 52 heavy (non-hydrogen) atoms. The number of thiophene rings is 1. The summed E-state index contributed by atoms with van der Waals surface area (Å²) in [4.78, 5) is 31.9. The molecule has 4 N–H and O–H groups in total. The molecule has 1 aliphatic rings. The van der Waals surface area contributed by atoms with Gasteiger partial charge >= 0.3 is 0 Å². The molecule has 1 aliphatic heterocycles. The number of aliphatic hydroxyl groups is 1. The Balaban J connectivity index is 0.00000523. The zero-order valence-electron chi connectivity index (χ0n) is 29.9. The van der Waals surface area contributed by atoms with Gasteiger partial charge in [-0.05, 0) is 97.7 Å². The lowest BCUT2D eigenvalue weighted by Crippen LogP contribution is -2.46. The van der Waals surface area contributed by atoms with Gasteiger partial charge in [-0.2, -0.15) is 5.10 Å². The second kappa shape index (κ2) is 16.9. The van der Waals surface area contributed by atoms with Crippen molar-refractivity contribution >= 4 is 49.9 Å². The molecular formula is C39H46FN5O5S2. The van der Waals surface area contributed by atoms with Gasteiger partial charge in [-0.1, -0.05) is 51.0 Å². The van der Waals surface area contributed by atoms with Crippen LogP contribution in [-0.2, 0) is 24.0 Å². The van der Waals surface area contributed by atoms with Crippen molar-refractivity contribution in [2.24, 2.45) is 0 Å². The Labute approximate surface area is 310 Å². The Bertz CT molecular complexity index is 2090. The van der Waals surface area contributed by atoms with Crippen LogP contribution in [-0.4, -0.2) is 71.9 Å². The highest BCUT2D eigenvalue weighted by Crippen LogP contribution is 2.35. The molecule has 0 aliphatic carbocycles. The monoisotopic (exact) mass is 747 g/mol. The minimum atomic E-state index is -1.71. The lowest BCUT2D eigenvalue weighted by atomic mass is 9.93. The predicted octanol–water partition coefficient (Wildman–Crippen LogP) is 6.75. The Hall–Kier alpha value is -4.43. The van der Waals surface area contributed by atoms with E-state index in [4.69, 9.17) is 5.10 Å². The van der Waals surface area contributed by atoms with Gasteiger partial charge in [-0.3, -0.25) is 9.59 Å². The van der Waals surface area contributed by atoms with Crippen LogP contribution in [0.1, 0.15) is 82.8 Å². The Morgan fingerprint density at radius 3 is 2.42 bits per heavy atom. The van der Waals surface area contributed by atoms with Gasteiger partial charge in [0.05, 0.1) is 23.9 Å². The van der Waals surface area contributed by atoms with E-state index in [0.29, 0.717) is 58.4 Å². The maximum atomic E-state index is 14.6. The number of hydrogen-bond donors (Lipinski definition) is 2. The molecule has 0 radical (unpaired) electrons. The van der Waals surface area contributed by atoms with Crippen LogP contribution in [0.4, 0.5) is 10.1 Å². The molecule has 3 heterocycles. The van der Waals surface area contributed by atoms with Crippen LogP contribution < -0.4 is 4.72 Å². The van der Waals surface area contributed by atoms with E-state index >= 15 is 0 Å². The molecule has 0 fully saturated rings. The summed E-state index contributed by atoms with van der Waals surface area (Å²) in [5.41, 5.74) is 4.99. The number of benzene rings is 3. The minimum absolute atomic E-state index is 0. The lowest BCUT2D eigenvalue weighted by molar-refractivity contribution is 0.0544. The number of amides is 2. The molecule has 2 aromatic heterocycles. The van der Waals surface area contributed by atoms with E-state index in [1.165, 1.54) is 23.5 Å². The van der Waals surface area contributed by atoms with Crippen molar-refractivity contribution < 1.29 is 28.8 Å². The van der Waals surface area contributed by atoms with Crippen LogP contribution in [0.3, 0.4) is 0 Å². The van der Waals surface area contributed by atoms with Gasteiger partial charge in [0.15, 0.2) is 16.7 Å². The highest BCUT2D eigenvalue weighted by Gasteiger charge is 2.32. The number of nitrogens with zero attached hydrogens (tertiary/aromatic N) is 4. The van der Waals surface area contributed by atoms with E-state index in [2.05, 4.69) is 18.6 Å². The number of aryl methyl sites for hydroxylation is 2. The molecule has 5 aromatic rings. The molecule has 10 nitrogen and oxygen atoms in total. The third kappa shape index (κ3) is 7.97. The number of unbranched alkanes of at least 4 members (excludes halogenated alkanes) is 2. The Morgan fingerprint density at radius 1 is 1.02 bits per heavy atom. The average Bonchev–Trinajstić information content (AvgIpc) is 3.69. The van der Waals surface area contributed by atoms with Crippen LogP contribution in [0.5, 0.6) is 0 Å². The Kier molecular flexibility index (Phi) is 12.6. The highest BCUT2D eigenvalue weighted by atomic mass is 32.2. The van der Waals surface area contributed by atoms with Crippen molar-refractivity contribution in [2.45, 2.75) is 76.6 Å². The van der Waals surface area contributed by atoms with Crippen molar-refractivity contribution in [3.8, 4) is 5.69 Å². The second-order valence-corrected chi connectivity index (χ2v) is 15.5. The van der Waals surface area contributed by atoms with E-state index in [9.17, 15) is 23.3 Å². The molecule has 2 amide bonds. The summed E-state index contributed by atoms with van der Waals surface area (Å²) in [5.74, 6) is -0.828. The predicted molar refractivity (Wildman–Crippen MR) is 205 cm³/mol. The maximum Gasteiger partial charge on any atom is 0.274 e. The normalized spacial score (nSPS) is 14.5. The highest BCUT2D eigenvalue weighted by molar-refractivity contribution is 7.88. The number of carbonyl (C=O) groups excluding carboxylic acids is 2. The molecule has 0 bridgehead atoms. The molecule has 6 rings (SSSR count). The van der Waals surface area contributed by atoms with E-state index in [1.807, 2.05) is 43.0 Å². The first-order valence-electron chi connectivity index (χ1n) is 17.5. The van der Waals surface area contributed by atoms with Crippen molar-refractivity contribution in [1.82, 2.24) is 19.6 Å². The standard InChI is InChI=1S/C39H44FN5O4S2.H2O/c1-5-7-17-43(18-8-6-2)38(48)34-19-25(3)45(41-34)35-15-14-30(42-51(49)39-26(4)32-21-29(40)13-16-36(32)50-39)22-33(35)37(47)44-23-28-12-10-9-11-27(28)20-31(44)24-46;/h9-16,19,21-22,31,42,46H,5-8,17-18,20,23-24H2,1-4H3;1H2/t31-,51?;/m0./s1. The average molecular weight is 748 g/mol. The molecule has 3 aromatic carbocycles. The lowest BCUT2D eigenvalue weighted by Gasteiger charge is -2.36. The number of anilines is 1. The summed E-state index contributed by atoms with van der Waals surface area (Å²) in [5, 5.41) is 15.9. The number of hydrogen-bond acceptors (Lipinski definition) is 6. The van der Waals surface area contributed by atoms with Crippen molar-refractivity contribution in [2.75, 3.05) is 24.4 Å². The SMILES string of the molecule is CCCCN(CCCC)C(=O)c1cc(C)n(-c2ccc(NS(=O)c3sc4ccc(F)cc4c3C)cc2C(=O)N2Cc3ccccc3C[C@H]2CO)n1.O. The van der Waals surface area contributed by atoms with Crippen LogP contribution in [0.25, 0.3) is 15.8 Å². The van der Waals surface area contributed by atoms with Crippen molar-refractivity contribution in [1.29, 1.82) is 0 Å². The fraction of sp³-hybridized carbons (Fsp3) is 0.359. The van der Waals surface area contributed by atoms with Gasteiger partial charge < -0.3 is 25.1 Å². The number of carbonyl (C=O) groups is 2. The summed E-state index contributed by atoms with van der Waals surface area (Å²) >= 11 is 1.33. The molecule has 13 heteroatoms. The van der Waals surface area contributed by atoms with Gasteiger partial charge in [-0.25, -0.2) is 13.3 Å². The summed E-state index contributed by atoms with van der Waals surface area (Å²) in [6.45, 7) is 9.26. The number of fused-ring (bicyclic) bond motifs is 2. The number of nitrogens with one attached hydrogen (secondary N) is 1. The molecule has 276 valence electrons. The molecule has 0 saturated heterocycles. The number of aliphatic hydroxyl groups excluding tert-OH is 1. The molecule has 0 saturated carbocycles. The fourth-order valence-corrected chi connectivity index (χ4v) is 9.04. The zero-order valence-corrected chi connectivity index (χ0v) is 31.6. The van der Waals surface area contributed by atoms with E-state index < -0.39 is 17.0 Å². The van der Waals surface area contributed by atoms with Gasteiger partial charge in [0.2, 0.25) is 0 Å². The van der Waals surface area contributed by atoms with Crippen LogP contribution in [0, 0.1) is 19.7 Å². The van der Waals surface area contributed by atoms with E-state index in [0.717, 1.165) is 47.1 Å². The minimum Gasteiger partial charge on any atom is -0.412 e. The smallest absolute Gasteiger partial charge is 0.274 e. The first kappa shape index (κ1) is 38.8. The molecular weight excluding hydrogens is 702 g/mol. The maximum absolute atomic E-state index is 14.6. The topological polar surface area (TPSA) is 139 Å². The quantitative estimate of drug-likeness (QED) is 0.137. The summed E-state index contributed by atoms with van der Waals surface area (Å²) in [6, 6.07) is 18.9. The molecule has 1 unspecified atom stereocenters. The van der Waals surface area contributed by atoms with Gasteiger partial charge in [0.1, 0.15) is 10.0 Å². The number of rotatable bonds is 13. The van der Waals surface area contributed by atoms with E-state index in [-0.39, 0.29) is 35.3 Å². The zero-order chi connectivity index (χ0) is 36.2. The second-order valence-electron chi connectivity index (χ2n) is 13.1. The molecule has 0 spiro atoms. The van der Waals surface area contributed by atoms with E-state index in [1.54, 1.807) is 39.9 Å². The van der Waals surface area contributed by atoms with Gasteiger partial charge in [-0.15, -0.1) is 11.3 Å². The number of halogens is 1. The Morgan fingerprint density at radius 2 is 1.73 bits per heavy atom.